The van der Waals surface area contributed by atoms with Crippen molar-refractivity contribution >= 4 is 39.4 Å². The van der Waals surface area contributed by atoms with Gasteiger partial charge in [0.2, 0.25) is 17.8 Å². The summed E-state index contributed by atoms with van der Waals surface area (Å²) in [4.78, 5) is 26.3. The number of nitrogens with zero attached hydrogens (tertiary/aromatic N) is 6. The van der Waals surface area contributed by atoms with Crippen molar-refractivity contribution in [2.45, 2.75) is 47.5 Å². The third-order valence-corrected chi connectivity index (χ3v) is 12.7. The molecule has 0 amide bonds. The van der Waals surface area contributed by atoms with Crippen LogP contribution in [-0.2, 0) is 47.6 Å². The molecule has 0 aliphatic rings. The van der Waals surface area contributed by atoms with E-state index in [0.717, 1.165) is 40.3 Å². The van der Waals surface area contributed by atoms with Crippen LogP contribution in [0.4, 0.5) is 17.8 Å². The van der Waals surface area contributed by atoms with Crippen LogP contribution < -0.4 is 20.7 Å². The Kier molecular flexibility index (Phi) is 18.5. The van der Waals surface area contributed by atoms with Gasteiger partial charge in [0.15, 0.2) is 9.84 Å². The quantitative estimate of drug-likeness (QED) is 0.0699. The molecule has 0 saturated carbocycles. The molecule has 14 heteroatoms. The summed E-state index contributed by atoms with van der Waals surface area (Å²) in [7, 11) is -3.34. The van der Waals surface area contributed by atoms with Crippen molar-refractivity contribution in [3.8, 4) is 5.75 Å². The lowest BCUT2D eigenvalue weighted by molar-refractivity contribution is 0.306. The molecule has 0 aliphatic carbocycles. The summed E-state index contributed by atoms with van der Waals surface area (Å²) in [6.45, 7) is 2.52. The Hall–Kier alpha value is -7.94. The van der Waals surface area contributed by atoms with E-state index in [-0.39, 0.29) is 5.75 Å². The number of rotatable bonds is 18. The van der Waals surface area contributed by atoms with Gasteiger partial charge in [0.1, 0.15) is 12.4 Å². The number of nitrogens with one attached hydrogen (secondary N) is 3. The summed E-state index contributed by atoms with van der Waals surface area (Å²) < 4.78 is 30.7. The molecule has 0 aliphatic heterocycles. The second kappa shape index (κ2) is 26.3. The largest absolute Gasteiger partial charge is 0.489 e. The fourth-order valence-corrected chi connectivity index (χ4v) is 8.50. The van der Waals surface area contributed by atoms with Crippen molar-refractivity contribution in [1.29, 1.82) is 0 Å². The maximum Gasteiger partial charge on any atom is 0.222 e. The molecule has 0 spiro atoms. The zero-order valence-electron chi connectivity index (χ0n) is 37.3. The Morgan fingerprint density at radius 2 is 0.779 bits per heavy atom. The van der Waals surface area contributed by atoms with E-state index in [4.69, 9.17) is 4.74 Å². The zero-order chi connectivity index (χ0) is 46.9. The highest BCUT2D eigenvalue weighted by Crippen LogP contribution is 2.23. The monoisotopic (exact) mass is 937 g/mol. The molecular formula is C54H51N9O3S2. The molecule has 0 unspecified atom stereocenters. The molecule has 9 aromatic rings. The predicted molar refractivity (Wildman–Crippen MR) is 272 cm³/mol. The Labute approximate surface area is 402 Å². The molecule has 68 heavy (non-hydrogen) atoms. The molecule has 0 fully saturated rings. The summed E-state index contributed by atoms with van der Waals surface area (Å²) in [5, 5.41) is 9.47. The summed E-state index contributed by atoms with van der Waals surface area (Å²) >= 11 is 1.85. The summed E-state index contributed by atoms with van der Waals surface area (Å²) in [5.74, 6) is 3.69. The number of benzene rings is 6. The average molecular weight is 938 g/mol. The standard InChI is InChI=1S/C18H17N3O2S.C18H17N3O.C18H17N3S/c22-24(23,14-16-5-2-1-3-6-16)17-9-7-15(8-10-17)13-21-18-19-11-4-12-20-18;2*1-2-5-16(6-3-1)14-22-17-9-7-15(8-10-17)13-21-18-19-11-4-12-20-18/h1-12H,13-14H2,(H,19,20,21);2*1-12H,13-14H2,(H,19,20,21). The van der Waals surface area contributed by atoms with E-state index in [1.165, 1.54) is 16.0 Å². The van der Waals surface area contributed by atoms with Gasteiger partial charge in [-0.15, -0.1) is 11.8 Å². The molecule has 342 valence electrons. The van der Waals surface area contributed by atoms with Crippen LogP contribution in [0.3, 0.4) is 0 Å². The summed E-state index contributed by atoms with van der Waals surface area (Å²) in [6, 6.07) is 58.7. The second-order valence-corrected chi connectivity index (χ2v) is 18.0. The van der Waals surface area contributed by atoms with Crippen LogP contribution >= 0.6 is 11.8 Å². The Morgan fingerprint density at radius 3 is 1.22 bits per heavy atom. The third kappa shape index (κ3) is 16.8. The zero-order valence-corrected chi connectivity index (χ0v) is 38.9. The minimum Gasteiger partial charge on any atom is -0.489 e. The van der Waals surface area contributed by atoms with Crippen molar-refractivity contribution in [2.75, 3.05) is 16.0 Å². The predicted octanol–water partition coefficient (Wildman–Crippen LogP) is 11.1. The van der Waals surface area contributed by atoms with Crippen LogP contribution in [0.1, 0.15) is 33.4 Å². The van der Waals surface area contributed by atoms with Gasteiger partial charge in [-0.05, 0) is 88.0 Å². The van der Waals surface area contributed by atoms with E-state index in [1.54, 1.807) is 73.6 Å². The first kappa shape index (κ1) is 48.0. The number of aromatic nitrogens is 6. The molecule has 6 aromatic carbocycles. The fraction of sp³-hybridized carbons (Fsp3) is 0.111. The number of anilines is 3. The van der Waals surface area contributed by atoms with Gasteiger partial charge >= 0.3 is 0 Å². The van der Waals surface area contributed by atoms with Gasteiger partial charge in [0.05, 0.1) is 10.6 Å². The van der Waals surface area contributed by atoms with Crippen LogP contribution in [-0.4, -0.2) is 38.3 Å². The van der Waals surface area contributed by atoms with Gasteiger partial charge in [-0.1, -0.05) is 127 Å². The topological polar surface area (TPSA) is 157 Å². The van der Waals surface area contributed by atoms with Gasteiger partial charge in [-0.2, -0.15) is 0 Å². The minimum absolute atomic E-state index is 0.00327. The van der Waals surface area contributed by atoms with E-state index >= 15 is 0 Å². The number of sulfone groups is 1. The van der Waals surface area contributed by atoms with Gasteiger partial charge in [-0.25, -0.2) is 38.3 Å². The highest BCUT2D eigenvalue weighted by molar-refractivity contribution is 7.98. The van der Waals surface area contributed by atoms with Crippen molar-refractivity contribution in [2.24, 2.45) is 0 Å². The minimum atomic E-state index is -3.34. The number of thioether (sulfide) groups is 1. The van der Waals surface area contributed by atoms with Crippen molar-refractivity contribution in [3.05, 3.63) is 253 Å². The highest BCUT2D eigenvalue weighted by atomic mass is 32.2. The lowest BCUT2D eigenvalue weighted by Crippen LogP contribution is -2.06. The van der Waals surface area contributed by atoms with Crippen molar-refractivity contribution < 1.29 is 13.2 Å². The molecule has 3 N–H and O–H groups in total. The first-order chi connectivity index (χ1) is 33.4. The van der Waals surface area contributed by atoms with Crippen LogP contribution in [0, 0.1) is 0 Å². The van der Waals surface area contributed by atoms with E-state index in [9.17, 15) is 8.42 Å². The maximum absolute atomic E-state index is 12.5. The molecule has 0 atom stereocenters. The molecule has 0 radical (unpaired) electrons. The maximum atomic E-state index is 12.5. The van der Waals surface area contributed by atoms with Crippen molar-refractivity contribution in [3.63, 3.8) is 0 Å². The summed E-state index contributed by atoms with van der Waals surface area (Å²) in [5.41, 5.74) is 6.62. The van der Waals surface area contributed by atoms with Crippen LogP contribution in [0.5, 0.6) is 5.75 Å². The molecular weight excluding hydrogens is 887 g/mol. The molecule has 3 aromatic heterocycles. The van der Waals surface area contributed by atoms with Gasteiger partial charge in [-0.3, -0.25) is 0 Å². The van der Waals surface area contributed by atoms with E-state index in [2.05, 4.69) is 107 Å². The highest BCUT2D eigenvalue weighted by Gasteiger charge is 2.15. The lowest BCUT2D eigenvalue weighted by Gasteiger charge is -2.08. The number of hydrogen-bond donors (Lipinski definition) is 3. The van der Waals surface area contributed by atoms with Gasteiger partial charge in [0, 0.05) is 67.5 Å². The number of ether oxygens (including phenoxy) is 1. The molecule has 12 nitrogen and oxygen atoms in total. The first-order valence-corrected chi connectivity index (χ1v) is 24.5. The summed E-state index contributed by atoms with van der Waals surface area (Å²) in [6.07, 6.45) is 10.2. The Bertz CT molecular complexity index is 2640. The lowest BCUT2D eigenvalue weighted by atomic mass is 10.2. The van der Waals surface area contributed by atoms with Crippen LogP contribution in [0.2, 0.25) is 0 Å². The van der Waals surface area contributed by atoms with Gasteiger partial charge < -0.3 is 20.7 Å². The van der Waals surface area contributed by atoms with Gasteiger partial charge in [0.25, 0.3) is 0 Å². The van der Waals surface area contributed by atoms with Crippen molar-refractivity contribution in [1.82, 2.24) is 29.9 Å². The molecule has 3 heterocycles. The Morgan fingerprint density at radius 1 is 0.397 bits per heavy atom. The van der Waals surface area contributed by atoms with Crippen LogP contribution in [0.15, 0.2) is 229 Å². The van der Waals surface area contributed by atoms with Crippen LogP contribution in [0.25, 0.3) is 0 Å². The molecule has 0 bridgehead atoms. The van der Waals surface area contributed by atoms with E-state index in [1.807, 2.05) is 96.7 Å². The number of hydrogen-bond acceptors (Lipinski definition) is 13. The average Bonchev–Trinajstić information content (AvgIpc) is 3.41. The second-order valence-electron chi connectivity index (χ2n) is 15.0. The van der Waals surface area contributed by atoms with E-state index in [0.29, 0.717) is 42.4 Å². The van der Waals surface area contributed by atoms with E-state index < -0.39 is 9.84 Å². The SMILES string of the molecule is O=S(=O)(Cc1ccccc1)c1ccc(CNc2ncccn2)cc1.c1ccc(COc2ccc(CNc3ncccn3)cc2)cc1.c1ccc(CSc2ccc(CNc3ncccn3)cc2)cc1. The first-order valence-electron chi connectivity index (χ1n) is 21.8. The third-order valence-electron chi connectivity index (χ3n) is 9.87. The normalized spacial score (nSPS) is 10.6. The fourth-order valence-electron chi connectivity index (χ4n) is 6.29. The molecule has 9 rings (SSSR count). The Balaban J connectivity index is 0.000000151. The molecule has 0 saturated heterocycles. The smallest absolute Gasteiger partial charge is 0.222 e.